The lowest BCUT2D eigenvalue weighted by Gasteiger charge is -2.22. The van der Waals surface area contributed by atoms with Crippen LogP contribution in [0.15, 0.2) is 36.4 Å². The minimum absolute atomic E-state index is 0.191. The van der Waals surface area contributed by atoms with Crippen LogP contribution >= 0.6 is 0 Å². The molecule has 1 aromatic rings. The summed E-state index contributed by atoms with van der Waals surface area (Å²) in [6.45, 7) is 9.47. The van der Waals surface area contributed by atoms with E-state index in [4.69, 9.17) is 14.6 Å². The van der Waals surface area contributed by atoms with E-state index in [2.05, 4.69) is 13.5 Å². The Morgan fingerprint density at radius 1 is 1.14 bits per heavy atom. The van der Waals surface area contributed by atoms with E-state index in [1.54, 1.807) is 12.1 Å². The number of rotatable bonds is 12. The highest BCUT2D eigenvalue weighted by molar-refractivity contribution is 5.94. The molecule has 2 atom stereocenters. The number of unbranched alkanes of at least 4 members (excludes halogenated alkanes) is 1. The Balaban J connectivity index is 2.89. The molecule has 0 spiro atoms. The molecule has 0 amide bonds. The van der Waals surface area contributed by atoms with E-state index in [0.29, 0.717) is 12.2 Å². The summed E-state index contributed by atoms with van der Waals surface area (Å²) in [7, 11) is 0. The van der Waals surface area contributed by atoms with Crippen LogP contribution in [0.1, 0.15) is 57.9 Å². The topological polar surface area (TPSA) is 89.9 Å². The second-order valence-corrected chi connectivity index (χ2v) is 6.95. The summed E-state index contributed by atoms with van der Waals surface area (Å²) >= 11 is 0. The van der Waals surface area contributed by atoms with Gasteiger partial charge in [0.2, 0.25) is 0 Å². The fraction of sp³-hybridized carbons (Fsp3) is 0.500. The maximum absolute atomic E-state index is 12.7. The van der Waals surface area contributed by atoms with E-state index in [1.807, 2.05) is 26.0 Å². The Bertz CT molecular complexity index is 677. The van der Waals surface area contributed by atoms with Gasteiger partial charge in [-0.1, -0.05) is 63.8 Å². The zero-order valence-corrected chi connectivity index (χ0v) is 16.9. The fourth-order valence-electron chi connectivity index (χ4n) is 2.73. The molecule has 0 fully saturated rings. The quantitative estimate of drug-likeness (QED) is 0.322. The van der Waals surface area contributed by atoms with Crippen LogP contribution in [-0.4, -0.2) is 29.1 Å². The molecule has 2 unspecified atom stereocenters. The summed E-state index contributed by atoms with van der Waals surface area (Å²) < 4.78 is 10.7. The van der Waals surface area contributed by atoms with Gasteiger partial charge in [0.25, 0.3) is 0 Å². The normalized spacial score (nSPS) is 12.7. The van der Waals surface area contributed by atoms with Crippen molar-refractivity contribution in [3.8, 4) is 5.75 Å². The number of carbonyl (C=O) groups excluding carboxylic acids is 2. The van der Waals surface area contributed by atoms with Crippen molar-refractivity contribution < 1.29 is 29.0 Å². The lowest BCUT2D eigenvalue weighted by Crippen LogP contribution is -2.33. The monoisotopic (exact) mass is 390 g/mol. The molecule has 0 aliphatic heterocycles. The van der Waals surface area contributed by atoms with Crippen molar-refractivity contribution in [1.82, 2.24) is 0 Å². The van der Waals surface area contributed by atoms with Gasteiger partial charge < -0.3 is 14.6 Å². The van der Waals surface area contributed by atoms with Crippen molar-refractivity contribution in [3.05, 3.63) is 42.0 Å². The minimum atomic E-state index is -1.19. The van der Waals surface area contributed by atoms with Crippen molar-refractivity contribution in [2.45, 2.75) is 65.4 Å². The molecule has 0 aliphatic rings. The lowest BCUT2D eigenvalue weighted by atomic mass is 9.93. The van der Waals surface area contributed by atoms with Crippen LogP contribution < -0.4 is 4.74 Å². The zero-order valence-electron chi connectivity index (χ0n) is 16.9. The first-order chi connectivity index (χ1) is 13.3. The van der Waals surface area contributed by atoms with Crippen molar-refractivity contribution >= 4 is 17.9 Å². The average Bonchev–Trinajstić information content (AvgIpc) is 2.65. The molecule has 6 heteroatoms. The van der Waals surface area contributed by atoms with Crippen molar-refractivity contribution in [3.63, 3.8) is 0 Å². The van der Waals surface area contributed by atoms with Crippen LogP contribution in [0.4, 0.5) is 0 Å². The van der Waals surface area contributed by atoms with Crippen LogP contribution in [0, 0.1) is 12.8 Å². The van der Waals surface area contributed by atoms with Gasteiger partial charge in [0.05, 0.1) is 6.42 Å². The predicted octanol–water partition coefficient (Wildman–Crippen LogP) is 4.45. The van der Waals surface area contributed by atoms with Gasteiger partial charge in [-0.05, 0) is 31.4 Å². The third kappa shape index (κ3) is 8.37. The molecule has 0 bridgehead atoms. The van der Waals surface area contributed by atoms with Gasteiger partial charge >= 0.3 is 17.9 Å². The minimum Gasteiger partial charge on any atom is -0.481 e. The number of hydrogen-bond acceptors (Lipinski definition) is 5. The molecule has 154 valence electrons. The SMILES string of the molecule is C=C(CC(=O)O)C(=O)OC(CC(CC)CCCC)C(=O)Oc1ccc(C)cc1. The van der Waals surface area contributed by atoms with Crippen molar-refractivity contribution in [1.29, 1.82) is 0 Å². The standard InChI is InChI=1S/C22H30O6/c1-5-7-8-17(6-2)14-19(28-21(25)16(4)13-20(23)24)22(26)27-18-11-9-15(3)10-12-18/h9-12,17,19H,4-8,13-14H2,1-3H3,(H,23,24). The van der Waals surface area contributed by atoms with Gasteiger partial charge in [-0.3, -0.25) is 4.79 Å². The summed E-state index contributed by atoms with van der Waals surface area (Å²) in [6.07, 6.45) is 2.47. The molecule has 6 nitrogen and oxygen atoms in total. The Labute approximate surface area is 166 Å². The van der Waals surface area contributed by atoms with E-state index in [-0.39, 0.29) is 11.5 Å². The van der Waals surface area contributed by atoms with E-state index in [1.165, 1.54) is 0 Å². The van der Waals surface area contributed by atoms with E-state index < -0.39 is 30.4 Å². The number of esters is 2. The second-order valence-electron chi connectivity index (χ2n) is 6.95. The molecule has 0 saturated heterocycles. The van der Waals surface area contributed by atoms with Crippen LogP contribution in [0.25, 0.3) is 0 Å². The van der Waals surface area contributed by atoms with Gasteiger partial charge in [-0.25, -0.2) is 9.59 Å². The Hall–Kier alpha value is -2.63. The van der Waals surface area contributed by atoms with Crippen LogP contribution in [0.3, 0.4) is 0 Å². The van der Waals surface area contributed by atoms with E-state index in [9.17, 15) is 14.4 Å². The van der Waals surface area contributed by atoms with Gasteiger partial charge in [0.1, 0.15) is 5.75 Å². The zero-order chi connectivity index (χ0) is 21.1. The number of hydrogen-bond donors (Lipinski definition) is 1. The summed E-state index contributed by atoms with van der Waals surface area (Å²) in [5.41, 5.74) is 0.820. The highest BCUT2D eigenvalue weighted by Gasteiger charge is 2.29. The molecule has 0 saturated carbocycles. The Morgan fingerprint density at radius 3 is 2.32 bits per heavy atom. The van der Waals surface area contributed by atoms with Crippen molar-refractivity contribution in [2.24, 2.45) is 5.92 Å². The number of carboxylic acid groups (broad SMARTS) is 1. The van der Waals surface area contributed by atoms with Crippen LogP contribution in [0.2, 0.25) is 0 Å². The van der Waals surface area contributed by atoms with Crippen LogP contribution in [0.5, 0.6) is 5.75 Å². The second kappa shape index (κ2) is 12.0. The number of ether oxygens (including phenoxy) is 2. The number of aryl methyl sites for hydroxylation is 1. The largest absolute Gasteiger partial charge is 0.481 e. The first-order valence-electron chi connectivity index (χ1n) is 9.65. The van der Waals surface area contributed by atoms with E-state index >= 15 is 0 Å². The molecule has 1 aromatic carbocycles. The molecule has 0 radical (unpaired) electrons. The lowest BCUT2D eigenvalue weighted by molar-refractivity contribution is -0.161. The Morgan fingerprint density at radius 2 is 1.79 bits per heavy atom. The third-order valence-corrected chi connectivity index (χ3v) is 4.50. The van der Waals surface area contributed by atoms with Crippen LogP contribution in [-0.2, 0) is 19.1 Å². The smallest absolute Gasteiger partial charge is 0.352 e. The highest BCUT2D eigenvalue weighted by atomic mass is 16.6. The molecule has 28 heavy (non-hydrogen) atoms. The van der Waals surface area contributed by atoms with Gasteiger partial charge in [0, 0.05) is 5.57 Å². The maximum atomic E-state index is 12.7. The molecule has 1 rings (SSSR count). The van der Waals surface area contributed by atoms with E-state index in [0.717, 1.165) is 31.2 Å². The van der Waals surface area contributed by atoms with Gasteiger partial charge in [-0.2, -0.15) is 0 Å². The third-order valence-electron chi connectivity index (χ3n) is 4.50. The first kappa shape index (κ1) is 23.4. The molecule has 0 heterocycles. The first-order valence-corrected chi connectivity index (χ1v) is 9.65. The average molecular weight is 390 g/mol. The summed E-state index contributed by atoms with van der Waals surface area (Å²) in [5.74, 6) is -2.19. The number of benzene rings is 1. The number of aliphatic carboxylic acids is 1. The van der Waals surface area contributed by atoms with Gasteiger partial charge in [0.15, 0.2) is 6.10 Å². The molecular formula is C22H30O6. The highest BCUT2D eigenvalue weighted by Crippen LogP contribution is 2.23. The Kier molecular flexibility index (Phi) is 9.99. The molecule has 1 N–H and O–H groups in total. The summed E-state index contributed by atoms with van der Waals surface area (Å²) in [4.78, 5) is 35.6. The molecular weight excluding hydrogens is 360 g/mol. The number of carbonyl (C=O) groups is 3. The summed E-state index contributed by atoms with van der Waals surface area (Å²) in [6, 6.07) is 6.97. The maximum Gasteiger partial charge on any atom is 0.352 e. The predicted molar refractivity (Wildman–Crippen MR) is 106 cm³/mol. The fourth-order valence-corrected chi connectivity index (χ4v) is 2.73. The number of carboxylic acids is 1. The molecule has 0 aromatic heterocycles. The van der Waals surface area contributed by atoms with Crippen molar-refractivity contribution in [2.75, 3.05) is 0 Å². The van der Waals surface area contributed by atoms with Gasteiger partial charge in [-0.15, -0.1) is 0 Å². The summed E-state index contributed by atoms with van der Waals surface area (Å²) in [5, 5.41) is 8.81. The molecule has 0 aliphatic carbocycles.